The van der Waals surface area contributed by atoms with Gasteiger partial charge in [0.2, 0.25) is 0 Å². The molecule has 3 aliphatic rings. The summed E-state index contributed by atoms with van der Waals surface area (Å²) in [4.78, 5) is 0. The van der Waals surface area contributed by atoms with E-state index >= 15 is 0 Å². The van der Waals surface area contributed by atoms with Crippen LogP contribution in [0.1, 0.15) is 69.9 Å². The molecule has 0 saturated heterocycles. The molecule has 7 atom stereocenters. The predicted octanol–water partition coefficient (Wildman–Crippen LogP) is 5.29. The van der Waals surface area contributed by atoms with Crippen molar-refractivity contribution in [2.75, 3.05) is 19.7 Å². The minimum Gasteiger partial charge on any atom is -0.396 e. The number of allylic oxidation sites excluding steroid dienone is 1. The Balaban J connectivity index is 1.50. The van der Waals surface area contributed by atoms with Gasteiger partial charge < -0.3 is 15.5 Å². The SMILES string of the molecule is C=C1CC[C@H]2[C@H](CNCCc3ccc(C)cc3)[C@@H]([C@@]3(C)CC[C@H](O)C[C@@H]3CO)CC[C@]12C. The minimum atomic E-state index is -0.244. The smallest absolute Gasteiger partial charge is 0.0544 e. The Morgan fingerprint density at radius 3 is 2.53 bits per heavy atom. The van der Waals surface area contributed by atoms with Gasteiger partial charge >= 0.3 is 0 Å². The van der Waals surface area contributed by atoms with Crippen LogP contribution in [-0.4, -0.2) is 36.0 Å². The number of hydrogen-bond acceptors (Lipinski definition) is 3. The molecule has 178 valence electrons. The molecule has 0 aromatic heterocycles. The van der Waals surface area contributed by atoms with Crippen molar-refractivity contribution in [3.8, 4) is 0 Å². The first-order valence-corrected chi connectivity index (χ1v) is 13.0. The van der Waals surface area contributed by atoms with Gasteiger partial charge in [0.05, 0.1) is 6.10 Å². The summed E-state index contributed by atoms with van der Waals surface area (Å²) in [5.74, 6) is 2.10. The van der Waals surface area contributed by atoms with E-state index in [0.29, 0.717) is 17.8 Å². The van der Waals surface area contributed by atoms with Crippen LogP contribution in [0.2, 0.25) is 0 Å². The van der Waals surface area contributed by atoms with Gasteiger partial charge in [0.1, 0.15) is 0 Å². The molecule has 0 amide bonds. The highest BCUT2D eigenvalue weighted by Gasteiger charge is 2.56. The van der Waals surface area contributed by atoms with Crippen molar-refractivity contribution >= 4 is 0 Å². The van der Waals surface area contributed by atoms with Gasteiger partial charge in [-0.15, -0.1) is 0 Å². The largest absolute Gasteiger partial charge is 0.396 e. The fourth-order valence-electron chi connectivity index (χ4n) is 7.72. The maximum atomic E-state index is 10.3. The summed E-state index contributed by atoms with van der Waals surface area (Å²) in [6, 6.07) is 8.90. The topological polar surface area (TPSA) is 52.5 Å². The average Bonchev–Trinajstić information content (AvgIpc) is 3.09. The highest BCUT2D eigenvalue weighted by Crippen LogP contribution is 2.63. The summed E-state index contributed by atoms with van der Waals surface area (Å²) in [5, 5.41) is 24.4. The van der Waals surface area contributed by atoms with Gasteiger partial charge in [-0.1, -0.05) is 55.8 Å². The zero-order valence-electron chi connectivity index (χ0n) is 20.6. The Bertz CT molecular complexity index is 789. The Morgan fingerprint density at radius 1 is 1.06 bits per heavy atom. The van der Waals surface area contributed by atoms with Gasteiger partial charge in [0.15, 0.2) is 0 Å². The minimum absolute atomic E-state index is 0.114. The number of nitrogens with one attached hydrogen (secondary N) is 1. The lowest BCUT2D eigenvalue weighted by Crippen LogP contribution is -2.53. The van der Waals surface area contributed by atoms with Crippen molar-refractivity contribution in [2.24, 2.45) is 34.5 Å². The van der Waals surface area contributed by atoms with Gasteiger partial charge in [-0.25, -0.2) is 0 Å². The van der Waals surface area contributed by atoms with Gasteiger partial charge in [0.25, 0.3) is 0 Å². The molecule has 0 unspecified atom stereocenters. The van der Waals surface area contributed by atoms with Crippen molar-refractivity contribution < 1.29 is 10.2 Å². The number of aliphatic hydroxyl groups excluding tert-OH is 2. The van der Waals surface area contributed by atoms with Crippen molar-refractivity contribution in [2.45, 2.75) is 78.2 Å². The Hall–Kier alpha value is -1.16. The molecular weight excluding hydrogens is 394 g/mol. The quantitative estimate of drug-likeness (QED) is 0.400. The third-order valence-electron chi connectivity index (χ3n) is 10.1. The zero-order valence-corrected chi connectivity index (χ0v) is 20.6. The molecule has 0 spiro atoms. The molecule has 4 rings (SSSR count). The summed E-state index contributed by atoms with van der Waals surface area (Å²) in [5.41, 5.74) is 4.57. The fourth-order valence-corrected chi connectivity index (χ4v) is 7.72. The van der Waals surface area contributed by atoms with E-state index in [-0.39, 0.29) is 29.5 Å². The van der Waals surface area contributed by atoms with Crippen LogP contribution in [0.5, 0.6) is 0 Å². The number of hydrogen-bond donors (Lipinski definition) is 3. The van der Waals surface area contributed by atoms with E-state index in [1.807, 2.05) is 0 Å². The Kier molecular flexibility index (Phi) is 7.20. The molecule has 3 fully saturated rings. The maximum Gasteiger partial charge on any atom is 0.0544 e. The van der Waals surface area contributed by atoms with Crippen molar-refractivity contribution in [1.29, 1.82) is 0 Å². The van der Waals surface area contributed by atoms with E-state index in [4.69, 9.17) is 0 Å². The van der Waals surface area contributed by atoms with Gasteiger partial charge in [-0.3, -0.25) is 0 Å². The molecule has 1 aromatic rings. The first-order valence-electron chi connectivity index (χ1n) is 13.0. The summed E-state index contributed by atoms with van der Waals surface area (Å²) in [6.45, 7) is 13.8. The van der Waals surface area contributed by atoms with Crippen LogP contribution < -0.4 is 5.32 Å². The lowest BCUT2D eigenvalue weighted by atomic mass is 9.49. The predicted molar refractivity (Wildman–Crippen MR) is 132 cm³/mol. The molecule has 0 radical (unpaired) electrons. The summed E-state index contributed by atoms with van der Waals surface area (Å²) < 4.78 is 0. The number of aliphatic hydroxyl groups is 2. The highest BCUT2D eigenvalue weighted by atomic mass is 16.3. The lowest BCUT2D eigenvalue weighted by Gasteiger charge is -2.56. The number of aryl methyl sites for hydroxylation is 1. The average molecular weight is 440 g/mol. The molecule has 3 aliphatic carbocycles. The molecule has 0 bridgehead atoms. The fraction of sp³-hybridized carbons (Fsp3) is 0.724. The van der Waals surface area contributed by atoms with Crippen LogP contribution in [-0.2, 0) is 6.42 Å². The Morgan fingerprint density at radius 2 is 1.81 bits per heavy atom. The van der Waals surface area contributed by atoms with E-state index < -0.39 is 0 Å². The van der Waals surface area contributed by atoms with Crippen LogP contribution in [0, 0.1) is 41.4 Å². The second kappa shape index (κ2) is 9.60. The first kappa shape index (κ1) is 24.0. The van der Waals surface area contributed by atoms with Crippen molar-refractivity contribution in [3.05, 3.63) is 47.5 Å². The molecule has 3 saturated carbocycles. The number of fused-ring (bicyclic) bond motifs is 1. The lowest BCUT2D eigenvalue weighted by molar-refractivity contribution is -0.0932. The van der Waals surface area contributed by atoms with E-state index in [9.17, 15) is 10.2 Å². The summed E-state index contributed by atoms with van der Waals surface area (Å²) >= 11 is 0. The zero-order chi connectivity index (χ0) is 22.9. The summed E-state index contributed by atoms with van der Waals surface area (Å²) in [7, 11) is 0. The van der Waals surface area contributed by atoms with E-state index in [1.54, 1.807) is 0 Å². The number of benzene rings is 1. The van der Waals surface area contributed by atoms with Crippen LogP contribution in [0.15, 0.2) is 36.4 Å². The van der Waals surface area contributed by atoms with E-state index in [1.165, 1.54) is 42.4 Å². The second-order valence-electron chi connectivity index (χ2n) is 11.7. The molecule has 3 heteroatoms. The number of rotatable bonds is 7. The second-order valence-corrected chi connectivity index (χ2v) is 11.7. The molecule has 3 nitrogen and oxygen atoms in total. The van der Waals surface area contributed by atoms with Crippen molar-refractivity contribution in [1.82, 2.24) is 5.32 Å². The van der Waals surface area contributed by atoms with E-state index in [0.717, 1.165) is 38.8 Å². The van der Waals surface area contributed by atoms with E-state index in [2.05, 4.69) is 56.9 Å². The molecule has 1 aromatic carbocycles. The molecular formula is C29H45NO2. The summed E-state index contributed by atoms with van der Waals surface area (Å²) in [6.07, 6.45) is 8.38. The monoisotopic (exact) mass is 439 g/mol. The van der Waals surface area contributed by atoms with Crippen LogP contribution in [0.25, 0.3) is 0 Å². The molecule has 0 aliphatic heterocycles. The molecule has 32 heavy (non-hydrogen) atoms. The first-order chi connectivity index (χ1) is 15.3. The van der Waals surface area contributed by atoms with Crippen molar-refractivity contribution in [3.63, 3.8) is 0 Å². The standard InChI is InChI=1S/C29H45NO2/c1-20-5-8-22(9-6-20)13-16-30-18-25-26-10-7-21(2)28(26,3)15-12-27(25)29(4)14-11-24(32)17-23(29)19-31/h5-6,8-9,23-27,30-32H,2,7,10-19H2,1,3-4H3/t23-,24+,25+,26+,27+,28-,29+/m1/s1. The third-order valence-corrected chi connectivity index (χ3v) is 10.1. The van der Waals surface area contributed by atoms with Gasteiger partial charge in [-0.05, 0) is 111 Å². The van der Waals surface area contributed by atoms with Gasteiger partial charge in [-0.2, -0.15) is 0 Å². The van der Waals surface area contributed by atoms with Gasteiger partial charge in [0, 0.05) is 6.61 Å². The normalized spacial score (nSPS) is 39.8. The Labute approximate surface area is 195 Å². The molecule has 0 heterocycles. The van der Waals surface area contributed by atoms with Crippen LogP contribution in [0.4, 0.5) is 0 Å². The van der Waals surface area contributed by atoms with Crippen LogP contribution >= 0.6 is 0 Å². The highest BCUT2D eigenvalue weighted by molar-refractivity contribution is 5.22. The third kappa shape index (κ3) is 4.45. The van der Waals surface area contributed by atoms with Crippen LogP contribution in [0.3, 0.4) is 0 Å². The molecule has 3 N–H and O–H groups in total. The maximum absolute atomic E-state index is 10.3.